The van der Waals surface area contributed by atoms with Crippen LogP contribution in [0, 0.1) is 11.8 Å². The number of methoxy groups -OCH3 is 1. The van der Waals surface area contributed by atoms with Crippen LogP contribution in [0.5, 0.6) is 0 Å². The van der Waals surface area contributed by atoms with Gasteiger partial charge < -0.3 is 10.1 Å². The van der Waals surface area contributed by atoms with Crippen LogP contribution in [0.25, 0.3) is 0 Å². The quantitative estimate of drug-likeness (QED) is 0.582. The van der Waals surface area contributed by atoms with E-state index in [1.165, 1.54) is 13.5 Å². The summed E-state index contributed by atoms with van der Waals surface area (Å²) in [5.74, 6) is 1.17. The molecule has 1 N–H and O–H groups in total. The van der Waals surface area contributed by atoms with Crippen molar-refractivity contribution < 1.29 is 9.53 Å². The molecule has 0 radical (unpaired) electrons. The van der Waals surface area contributed by atoms with Gasteiger partial charge in [-0.15, -0.1) is 0 Å². The zero-order valence-electron chi connectivity index (χ0n) is 7.54. The number of fused-ring (bicyclic) bond motifs is 2. The van der Waals surface area contributed by atoms with E-state index in [4.69, 9.17) is 4.74 Å². The van der Waals surface area contributed by atoms with E-state index in [0.29, 0.717) is 12.0 Å². The van der Waals surface area contributed by atoms with Gasteiger partial charge in [-0.2, -0.15) is 0 Å². The summed E-state index contributed by atoms with van der Waals surface area (Å²) >= 11 is 0. The molecule has 0 aromatic carbocycles. The smallest absolute Gasteiger partial charge is 0.323 e. The van der Waals surface area contributed by atoms with Crippen LogP contribution in [0.4, 0.5) is 0 Å². The number of nitrogens with one attached hydrogen (secondary N) is 1. The van der Waals surface area contributed by atoms with Crippen LogP contribution in [0.15, 0.2) is 0 Å². The van der Waals surface area contributed by atoms with Gasteiger partial charge in [0.1, 0.15) is 6.04 Å². The van der Waals surface area contributed by atoms with E-state index in [-0.39, 0.29) is 12.0 Å². The van der Waals surface area contributed by atoms with Crippen molar-refractivity contribution in [1.82, 2.24) is 5.32 Å². The summed E-state index contributed by atoms with van der Waals surface area (Å²) in [5, 5.41) is 3.32. The predicted octanol–water partition coefficient (Wildman–Crippen LogP) is 0.546. The molecular formula is C9H15NO2. The summed E-state index contributed by atoms with van der Waals surface area (Å²) in [5.41, 5.74) is 0. The minimum absolute atomic E-state index is 0.0174. The zero-order chi connectivity index (χ0) is 8.72. The maximum atomic E-state index is 11.2. The highest BCUT2D eigenvalue weighted by Gasteiger charge is 2.46. The Hall–Kier alpha value is -0.570. The van der Waals surface area contributed by atoms with E-state index in [1.54, 1.807) is 0 Å². The lowest BCUT2D eigenvalue weighted by Gasteiger charge is -2.24. The summed E-state index contributed by atoms with van der Waals surface area (Å²) in [4.78, 5) is 11.2. The number of esters is 1. The molecule has 3 heteroatoms. The Morgan fingerprint density at radius 1 is 1.50 bits per heavy atom. The molecule has 2 bridgehead atoms. The number of carbonyl (C=O) groups is 1. The van der Waals surface area contributed by atoms with Crippen LogP contribution in [-0.2, 0) is 9.53 Å². The predicted molar refractivity (Wildman–Crippen MR) is 44.6 cm³/mol. The molecule has 4 atom stereocenters. The number of hydrogen-bond acceptors (Lipinski definition) is 3. The number of carbonyl (C=O) groups excluding carboxylic acids is 1. The molecule has 0 spiro atoms. The highest BCUT2D eigenvalue weighted by molar-refractivity contribution is 5.76. The molecule has 1 aliphatic heterocycles. The lowest BCUT2D eigenvalue weighted by atomic mass is 9.95. The summed E-state index contributed by atoms with van der Waals surface area (Å²) < 4.78 is 4.72. The van der Waals surface area contributed by atoms with Gasteiger partial charge in [0.05, 0.1) is 7.11 Å². The van der Waals surface area contributed by atoms with Gasteiger partial charge in [-0.1, -0.05) is 6.92 Å². The molecule has 68 valence electrons. The minimum Gasteiger partial charge on any atom is -0.468 e. The van der Waals surface area contributed by atoms with Gasteiger partial charge in [0.25, 0.3) is 0 Å². The lowest BCUT2D eigenvalue weighted by Crippen LogP contribution is -2.45. The average molecular weight is 169 g/mol. The van der Waals surface area contributed by atoms with Gasteiger partial charge in [0.15, 0.2) is 0 Å². The van der Waals surface area contributed by atoms with Gasteiger partial charge in [-0.05, 0) is 24.7 Å². The maximum absolute atomic E-state index is 11.2. The van der Waals surface area contributed by atoms with Gasteiger partial charge >= 0.3 is 5.97 Å². The largest absolute Gasteiger partial charge is 0.468 e. The summed E-state index contributed by atoms with van der Waals surface area (Å²) in [6.45, 7) is 2.24. The number of rotatable bonds is 1. The van der Waals surface area contributed by atoms with Crippen molar-refractivity contribution in [3.05, 3.63) is 0 Å². The van der Waals surface area contributed by atoms with E-state index in [0.717, 1.165) is 12.3 Å². The number of piperidine rings is 1. The van der Waals surface area contributed by atoms with Crippen molar-refractivity contribution in [1.29, 1.82) is 0 Å². The Labute approximate surface area is 72.5 Å². The van der Waals surface area contributed by atoms with Crippen LogP contribution in [-0.4, -0.2) is 25.2 Å². The summed E-state index contributed by atoms with van der Waals surface area (Å²) in [6, 6.07) is 0.537. The zero-order valence-corrected chi connectivity index (χ0v) is 7.54. The van der Waals surface area contributed by atoms with E-state index in [9.17, 15) is 4.79 Å². The Balaban J connectivity index is 2.02. The van der Waals surface area contributed by atoms with Crippen LogP contribution < -0.4 is 5.32 Å². The van der Waals surface area contributed by atoms with E-state index in [1.807, 2.05) is 0 Å². The fourth-order valence-electron chi connectivity index (χ4n) is 2.56. The van der Waals surface area contributed by atoms with Crippen LogP contribution in [0.2, 0.25) is 0 Å². The monoisotopic (exact) mass is 169 g/mol. The Morgan fingerprint density at radius 2 is 2.25 bits per heavy atom. The molecule has 1 aliphatic carbocycles. The summed E-state index contributed by atoms with van der Waals surface area (Å²) in [7, 11) is 1.46. The topological polar surface area (TPSA) is 38.3 Å². The summed E-state index contributed by atoms with van der Waals surface area (Å²) in [6.07, 6.45) is 2.33. The lowest BCUT2D eigenvalue weighted by molar-refractivity contribution is -0.144. The van der Waals surface area contributed by atoms with Crippen molar-refractivity contribution in [3.63, 3.8) is 0 Å². The van der Waals surface area contributed by atoms with Crippen molar-refractivity contribution >= 4 is 5.97 Å². The van der Waals surface area contributed by atoms with Gasteiger partial charge in [0, 0.05) is 6.04 Å². The fourth-order valence-corrected chi connectivity index (χ4v) is 2.56. The van der Waals surface area contributed by atoms with Crippen LogP contribution in [0.3, 0.4) is 0 Å². The second kappa shape index (κ2) is 2.73. The molecule has 12 heavy (non-hydrogen) atoms. The van der Waals surface area contributed by atoms with Crippen molar-refractivity contribution in [3.8, 4) is 0 Å². The molecule has 0 aromatic rings. The molecule has 1 heterocycles. The van der Waals surface area contributed by atoms with Crippen LogP contribution >= 0.6 is 0 Å². The Bertz CT molecular complexity index is 203. The molecule has 1 saturated carbocycles. The third-order valence-corrected chi connectivity index (χ3v) is 3.24. The SMILES string of the molecule is COC(=O)[C@H]1N[C@H]2C[C@@H]1C[C@H]2C. The Morgan fingerprint density at radius 3 is 2.67 bits per heavy atom. The second-order valence-corrected chi connectivity index (χ2v) is 3.98. The fraction of sp³-hybridized carbons (Fsp3) is 0.889. The second-order valence-electron chi connectivity index (χ2n) is 3.98. The average Bonchev–Trinajstić information content (AvgIpc) is 2.60. The molecule has 0 amide bonds. The van der Waals surface area contributed by atoms with E-state index >= 15 is 0 Å². The molecular weight excluding hydrogens is 154 g/mol. The molecule has 2 aliphatic rings. The number of hydrogen-bond donors (Lipinski definition) is 1. The van der Waals surface area contributed by atoms with Crippen molar-refractivity contribution in [2.45, 2.75) is 31.8 Å². The maximum Gasteiger partial charge on any atom is 0.323 e. The van der Waals surface area contributed by atoms with Crippen LogP contribution in [0.1, 0.15) is 19.8 Å². The first-order valence-corrected chi connectivity index (χ1v) is 4.56. The first-order chi connectivity index (χ1) is 5.72. The highest BCUT2D eigenvalue weighted by atomic mass is 16.5. The first-order valence-electron chi connectivity index (χ1n) is 4.56. The number of ether oxygens (including phenoxy) is 1. The Kier molecular flexibility index (Phi) is 1.83. The molecule has 2 fully saturated rings. The van der Waals surface area contributed by atoms with E-state index in [2.05, 4.69) is 12.2 Å². The standard InChI is InChI=1S/C9H15NO2/c1-5-3-6-4-7(5)10-8(6)9(11)12-2/h5-8,10H,3-4H2,1-2H3/t5-,6+,7+,8+/m1/s1. The van der Waals surface area contributed by atoms with Gasteiger partial charge in [-0.25, -0.2) is 0 Å². The normalized spacial score (nSPS) is 44.8. The van der Waals surface area contributed by atoms with Crippen molar-refractivity contribution in [2.75, 3.05) is 7.11 Å². The molecule has 0 unspecified atom stereocenters. The molecule has 1 saturated heterocycles. The minimum atomic E-state index is -0.0885. The van der Waals surface area contributed by atoms with Crippen molar-refractivity contribution in [2.24, 2.45) is 11.8 Å². The third kappa shape index (κ3) is 1.04. The molecule has 0 aromatic heterocycles. The van der Waals surface area contributed by atoms with Gasteiger partial charge in [0.2, 0.25) is 0 Å². The van der Waals surface area contributed by atoms with Gasteiger partial charge in [-0.3, -0.25) is 4.79 Å². The first kappa shape index (κ1) is 8.05. The molecule has 2 rings (SSSR count). The molecule has 3 nitrogen and oxygen atoms in total. The van der Waals surface area contributed by atoms with E-state index < -0.39 is 0 Å². The third-order valence-electron chi connectivity index (χ3n) is 3.24. The highest BCUT2D eigenvalue weighted by Crippen LogP contribution is 2.39.